The minimum absolute atomic E-state index is 0.400. The second-order valence-corrected chi connectivity index (χ2v) is 5.01. The number of hydrogen-bond donors (Lipinski definition) is 1. The molecule has 0 aliphatic rings. The zero-order valence-electron chi connectivity index (χ0n) is 12.1. The minimum Gasteiger partial charge on any atom is -0.382 e. The molecule has 21 heavy (non-hydrogen) atoms. The van der Waals surface area contributed by atoms with Crippen LogP contribution in [0.1, 0.15) is 41.1 Å². The molecule has 1 unspecified atom stereocenters. The zero-order chi connectivity index (χ0) is 15.8. The number of aromatic nitrogens is 2. The molecule has 0 saturated carbocycles. The van der Waals surface area contributed by atoms with Crippen molar-refractivity contribution in [2.45, 2.75) is 32.5 Å². The molecule has 1 aromatic heterocycles. The Kier molecular flexibility index (Phi) is 4.09. The molecule has 1 atom stereocenters. The topological polar surface area (TPSA) is 38.0 Å². The lowest BCUT2D eigenvalue weighted by Gasteiger charge is -2.16. The van der Waals surface area contributed by atoms with Crippen molar-refractivity contribution in [3.63, 3.8) is 0 Å². The molecule has 0 amide bonds. The summed E-state index contributed by atoms with van der Waals surface area (Å²) in [6.45, 7) is 3.51. The highest BCUT2D eigenvalue weighted by Crippen LogP contribution is 2.33. The fraction of sp³-hybridized carbons (Fsp3) is 0.400. The predicted molar refractivity (Wildman–Crippen MR) is 72.8 cm³/mol. The van der Waals surface area contributed by atoms with Crippen LogP contribution < -0.4 is 0 Å². The first kappa shape index (κ1) is 15.6. The van der Waals surface area contributed by atoms with E-state index in [1.54, 1.807) is 24.7 Å². The van der Waals surface area contributed by atoms with Crippen LogP contribution in [0.2, 0.25) is 0 Å². The molecule has 0 spiro atoms. The lowest BCUT2D eigenvalue weighted by atomic mass is 9.98. The van der Waals surface area contributed by atoms with Crippen LogP contribution >= 0.6 is 0 Å². The summed E-state index contributed by atoms with van der Waals surface area (Å²) in [6, 6.07) is 5.13. The second-order valence-electron chi connectivity index (χ2n) is 5.01. The van der Waals surface area contributed by atoms with Gasteiger partial charge in [-0.05, 0) is 42.7 Å². The molecule has 114 valence electrons. The number of aliphatic hydroxyl groups excluding tert-OH is 1. The number of hydrogen-bond acceptors (Lipinski definition) is 2. The van der Waals surface area contributed by atoms with E-state index < -0.39 is 17.8 Å². The summed E-state index contributed by atoms with van der Waals surface area (Å²) in [5, 5.41) is 14.7. The fourth-order valence-corrected chi connectivity index (χ4v) is 2.29. The quantitative estimate of drug-likeness (QED) is 0.943. The largest absolute Gasteiger partial charge is 0.416 e. The van der Waals surface area contributed by atoms with Gasteiger partial charge in [-0.25, -0.2) is 0 Å². The lowest BCUT2D eigenvalue weighted by molar-refractivity contribution is -0.137. The highest BCUT2D eigenvalue weighted by molar-refractivity contribution is 5.37. The summed E-state index contributed by atoms with van der Waals surface area (Å²) in [6.07, 6.45) is -4.65. The lowest BCUT2D eigenvalue weighted by Crippen LogP contribution is -2.10. The van der Waals surface area contributed by atoms with Crippen molar-refractivity contribution in [2.24, 2.45) is 7.05 Å². The van der Waals surface area contributed by atoms with Gasteiger partial charge in [0.25, 0.3) is 0 Å². The Labute approximate surface area is 121 Å². The Hall–Kier alpha value is -1.82. The molecule has 1 heterocycles. The Bertz CT molecular complexity index is 647. The van der Waals surface area contributed by atoms with Crippen LogP contribution in [0.4, 0.5) is 13.2 Å². The highest BCUT2D eigenvalue weighted by Gasteiger charge is 2.31. The average Bonchev–Trinajstić information content (AvgIpc) is 2.78. The van der Waals surface area contributed by atoms with Crippen LogP contribution in [0.15, 0.2) is 24.3 Å². The van der Waals surface area contributed by atoms with Crippen LogP contribution in [-0.2, 0) is 19.6 Å². The first-order valence-corrected chi connectivity index (χ1v) is 6.62. The Morgan fingerprint density at radius 3 is 2.43 bits per heavy atom. The number of aryl methyl sites for hydroxylation is 3. The zero-order valence-corrected chi connectivity index (χ0v) is 12.1. The Morgan fingerprint density at radius 1 is 1.29 bits per heavy atom. The van der Waals surface area contributed by atoms with E-state index in [1.165, 1.54) is 6.07 Å². The number of benzene rings is 1. The van der Waals surface area contributed by atoms with Gasteiger partial charge in [0.2, 0.25) is 0 Å². The van der Waals surface area contributed by atoms with E-state index in [1.807, 2.05) is 6.92 Å². The molecule has 1 aromatic carbocycles. The van der Waals surface area contributed by atoms with Crippen molar-refractivity contribution in [1.82, 2.24) is 9.78 Å². The molecular formula is C15H17F3N2O. The van der Waals surface area contributed by atoms with E-state index in [-0.39, 0.29) is 0 Å². The summed E-state index contributed by atoms with van der Waals surface area (Å²) in [4.78, 5) is 0. The third kappa shape index (κ3) is 3.10. The molecule has 2 rings (SSSR count). The van der Waals surface area contributed by atoms with E-state index in [9.17, 15) is 18.3 Å². The van der Waals surface area contributed by atoms with E-state index in [0.717, 1.165) is 24.2 Å². The number of rotatable bonds is 3. The van der Waals surface area contributed by atoms with Crippen molar-refractivity contribution in [1.29, 1.82) is 0 Å². The standard InChI is InChI=1S/C15H17F3N2O/c1-4-11-8-13(20(3)19-11)14(21)12-6-5-10(7-9(12)2)15(16,17)18/h5-8,14,21H,4H2,1-3H3. The van der Waals surface area contributed by atoms with E-state index >= 15 is 0 Å². The number of alkyl halides is 3. The first-order chi connectivity index (χ1) is 9.74. The van der Waals surface area contributed by atoms with Gasteiger partial charge in [0, 0.05) is 7.05 Å². The molecular weight excluding hydrogens is 281 g/mol. The molecule has 0 aliphatic carbocycles. The molecule has 0 bridgehead atoms. The molecule has 3 nitrogen and oxygen atoms in total. The smallest absolute Gasteiger partial charge is 0.382 e. The minimum atomic E-state index is -4.38. The Balaban J connectivity index is 2.39. The van der Waals surface area contributed by atoms with Gasteiger partial charge < -0.3 is 5.11 Å². The van der Waals surface area contributed by atoms with E-state index in [0.29, 0.717) is 16.8 Å². The molecule has 2 aromatic rings. The van der Waals surface area contributed by atoms with Crippen molar-refractivity contribution < 1.29 is 18.3 Å². The molecule has 0 aliphatic heterocycles. The van der Waals surface area contributed by atoms with Crippen LogP contribution in [0.25, 0.3) is 0 Å². The Morgan fingerprint density at radius 2 is 1.95 bits per heavy atom. The number of nitrogens with zero attached hydrogens (tertiary/aromatic N) is 2. The van der Waals surface area contributed by atoms with Gasteiger partial charge in [-0.2, -0.15) is 18.3 Å². The van der Waals surface area contributed by atoms with Crippen LogP contribution in [-0.4, -0.2) is 14.9 Å². The molecule has 6 heteroatoms. The van der Waals surface area contributed by atoms with Crippen molar-refractivity contribution >= 4 is 0 Å². The number of halogens is 3. The second kappa shape index (κ2) is 5.52. The van der Waals surface area contributed by atoms with Gasteiger partial charge in [0.15, 0.2) is 0 Å². The van der Waals surface area contributed by atoms with Crippen molar-refractivity contribution in [2.75, 3.05) is 0 Å². The highest BCUT2D eigenvalue weighted by atomic mass is 19.4. The SMILES string of the molecule is CCc1cc(C(O)c2ccc(C(F)(F)F)cc2C)n(C)n1. The third-order valence-corrected chi connectivity index (χ3v) is 3.50. The van der Waals surface area contributed by atoms with Gasteiger partial charge in [-0.15, -0.1) is 0 Å². The van der Waals surface area contributed by atoms with Crippen molar-refractivity contribution in [3.05, 3.63) is 52.3 Å². The monoisotopic (exact) mass is 298 g/mol. The van der Waals surface area contributed by atoms with E-state index in [2.05, 4.69) is 5.10 Å². The van der Waals surface area contributed by atoms with Crippen LogP contribution in [0.5, 0.6) is 0 Å². The summed E-state index contributed by atoms with van der Waals surface area (Å²) >= 11 is 0. The molecule has 1 N–H and O–H groups in total. The van der Waals surface area contributed by atoms with Crippen molar-refractivity contribution in [3.8, 4) is 0 Å². The van der Waals surface area contributed by atoms with Gasteiger partial charge in [0.1, 0.15) is 6.10 Å². The predicted octanol–water partition coefficient (Wildman–Crippen LogP) is 3.39. The molecule has 0 radical (unpaired) electrons. The van der Waals surface area contributed by atoms with E-state index in [4.69, 9.17) is 0 Å². The maximum absolute atomic E-state index is 12.7. The van der Waals surface area contributed by atoms with Gasteiger partial charge in [-0.1, -0.05) is 13.0 Å². The maximum atomic E-state index is 12.7. The average molecular weight is 298 g/mol. The summed E-state index contributed by atoms with van der Waals surface area (Å²) in [7, 11) is 1.71. The summed E-state index contributed by atoms with van der Waals surface area (Å²) in [5.74, 6) is 0. The van der Waals surface area contributed by atoms with Gasteiger partial charge >= 0.3 is 6.18 Å². The van der Waals surface area contributed by atoms with Gasteiger partial charge in [-0.3, -0.25) is 4.68 Å². The van der Waals surface area contributed by atoms with Crippen LogP contribution in [0.3, 0.4) is 0 Å². The molecule has 0 fully saturated rings. The first-order valence-electron chi connectivity index (χ1n) is 6.62. The normalized spacial score (nSPS) is 13.5. The maximum Gasteiger partial charge on any atom is 0.416 e. The van der Waals surface area contributed by atoms with Gasteiger partial charge in [0.05, 0.1) is 17.0 Å². The van der Waals surface area contributed by atoms with Crippen LogP contribution in [0, 0.1) is 6.92 Å². The molecule has 0 saturated heterocycles. The summed E-state index contributed by atoms with van der Waals surface area (Å²) < 4.78 is 39.5. The third-order valence-electron chi connectivity index (χ3n) is 3.50. The fourth-order valence-electron chi connectivity index (χ4n) is 2.29. The number of aliphatic hydroxyl groups is 1. The summed E-state index contributed by atoms with van der Waals surface area (Å²) in [5.41, 5.74) is 1.53.